The van der Waals surface area contributed by atoms with Crippen molar-refractivity contribution in [1.29, 1.82) is 0 Å². The first-order valence-corrected chi connectivity index (χ1v) is 12.9. The highest BCUT2D eigenvalue weighted by Gasteiger charge is 2.33. The fraction of sp³-hybridized carbons (Fsp3) is 0.179. The van der Waals surface area contributed by atoms with Gasteiger partial charge in [0.1, 0.15) is 17.3 Å². The van der Waals surface area contributed by atoms with E-state index in [-0.39, 0.29) is 22.5 Å². The van der Waals surface area contributed by atoms with Gasteiger partial charge < -0.3 is 13.9 Å². The van der Waals surface area contributed by atoms with E-state index in [1.807, 2.05) is 0 Å². The van der Waals surface area contributed by atoms with Crippen LogP contribution in [0.2, 0.25) is 0 Å². The van der Waals surface area contributed by atoms with Crippen LogP contribution in [0.15, 0.2) is 80.1 Å². The molecule has 0 unspecified atom stereocenters. The van der Waals surface area contributed by atoms with E-state index in [0.29, 0.717) is 33.1 Å². The molecule has 1 atom stereocenters. The normalized spacial score (nSPS) is 15.0. The van der Waals surface area contributed by atoms with Crippen molar-refractivity contribution in [2.45, 2.75) is 19.9 Å². The lowest BCUT2D eigenvalue weighted by Crippen LogP contribution is -2.39. The van der Waals surface area contributed by atoms with Crippen molar-refractivity contribution in [3.63, 3.8) is 0 Å². The third-order valence-electron chi connectivity index (χ3n) is 6.25. The van der Waals surface area contributed by atoms with Crippen molar-refractivity contribution in [2.24, 2.45) is 4.99 Å². The van der Waals surface area contributed by atoms with Crippen LogP contribution in [0.3, 0.4) is 0 Å². The molecule has 0 bridgehead atoms. The molecule has 0 spiro atoms. The van der Waals surface area contributed by atoms with Gasteiger partial charge in [-0.05, 0) is 55.8 Å². The van der Waals surface area contributed by atoms with Gasteiger partial charge in [0.2, 0.25) is 5.82 Å². The third kappa shape index (κ3) is 4.84. The highest BCUT2D eigenvalue weighted by Crippen LogP contribution is 2.32. The predicted octanol–water partition coefficient (Wildman–Crippen LogP) is 4.11. The van der Waals surface area contributed by atoms with Crippen molar-refractivity contribution >= 4 is 29.1 Å². The van der Waals surface area contributed by atoms with Gasteiger partial charge in [-0.25, -0.2) is 9.79 Å². The molecular weight excluding hydrogens is 541 g/mol. The second kappa shape index (κ2) is 10.7. The summed E-state index contributed by atoms with van der Waals surface area (Å²) in [5.74, 6) is -0.412. The number of hydrogen-bond acceptors (Lipinski definition) is 9. The van der Waals surface area contributed by atoms with Crippen LogP contribution in [0.25, 0.3) is 17.4 Å². The van der Waals surface area contributed by atoms with Gasteiger partial charge in [0.25, 0.3) is 5.56 Å². The number of allylic oxidation sites excluding steroid dienone is 1. The number of hydrogen-bond donors (Lipinski definition) is 0. The second-order valence-corrected chi connectivity index (χ2v) is 9.71. The van der Waals surface area contributed by atoms with E-state index in [4.69, 9.17) is 13.9 Å². The molecule has 10 nitrogen and oxygen atoms in total. The number of thiazole rings is 1. The van der Waals surface area contributed by atoms with Gasteiger partial charge in [0.05, 0.1) is 40.5 Å². The minimum atomic E-state index is -0.954. The average molecular weight is 564 g/mol. The Morgan fingerprint density at radius 2 is 2.05 bits per heavy atom. The maximum atomic E-state index is 13.8. The Bertz CT molecular complexity index is 1870. The number of nitrogens with zero attached hydrogens (tertiary/aromatic N) is 3. The molecule has 1 aliphatic heterocycles. The fourth-order valence-electron chi connectivity index (χ4n) is 4.44. The maximum Gasteiger partial charge on any atom is 0.338 e. The lowest BCUT2D eigenvalue weighted by atomic mass is 9.95. The van der Waals surface area contributed by atoms with E-state index in [9.17, 15) is 24.1 Å². The van der Waals surface area contributed by atoms with Crippen molar-refractivity contribution in [2.75, 3.05) is 13.7 Å². The molecule has 0 N–H and O–H groups in total. The lowest BCUT2D eigenvalue weighted by Gasteiger charge is -2.24. The molecule has 2 aromatic heterocycles. The number of carbonyl (C=O) groups is 1. The van der Waals surface area contributed by atoms with Crippen molar-refractivity contribution < 1.29 is 28.0 Å². The number of halogens is 1. The van der Waals surface area contributed by atoms with Crippen LogP contribution in [0.5, 0.6) is 5.75 Å². The first-order chi connectivity index (χ1) is 19.2. The number of benzene rings is 2. The zero-order chi connectivity index (χ0) is 28.6. The molecule has 0 amide bonds. The molecule has 5 rings (SSSR count). The number of aromatic nitrogens is 1. The van der Waals surface area contributed by atoms with Gasteiger partial charge in [0, 0.05) is 17.7 Å². The number of esters is 1. The number of rotatable bonds is 7. The quantitative estimate of drug-likeness (QED) is 0.188. The van der Waals surface area contributed by atoms with Crippen molar-refractivity contribution in [3.8, 4) is 17.1 Å². The Balaban J connectivity index is 1.62. The van der Waals surface area contributed by atoms with E-state index in [1.54, 1.807) is 50.2 Å². The molecule has 1 aliphatic rings. The van der Waals surface area contributed by atoms with Gasteiger partial charge in [-0.2, -0.15) is 4.39 Å². The molecule has 0 saturated heterocycles. The van der Waals surface area contributed by atoms with Gasteiger partial charge in [-0.15, -0.1) is 0 Å². The number of nitro benzene ring substituents is 1. The summed E-state index contributed by atoms with van der Waals surface area (Å²) in [6, 6.07) is 12.9. The van der Waals surface area contributed by atoms with Crippen LogP contribution in [0.4, 0.5) is 10.1 Å². The number of ether oxygens (including phenoxy) is 2. The Hall–Kier alpha value is -4.84. The van der Waals surface area contributed by atoms with Crippen LogP contribution in [0.1, 0.15) is 31.2 Å². The summed E-state index contributed by atoms with van der Waals surface area (Å²) in [5.41, 5.74) is 0.546. The smallest absolute Gasteiger partial charge is 0.338 e. The van der Waals surface area contributed by atoms with Crippen molar-refractivity contribution in [3.05, 3.63) is 113 Å². The number of fused-ring (bicyclic) bond motifs is 1. The van der Waals surface area contributed by atoms with E-state index >= 15 is 0 Å². The van der Waals surface area contributed by atoms with E-state index in [0.717, 1.165) is 23.5 Å². The zero-order valence-corrected chi connectivity index (χ0v) is 22.4. The molecule has 2 aromatic carbocycles. The number of methoxy groups -OCH3 is 1. The Kier molecular flexibility index (Phi) is 7.18. The van der Waals surface area contributed by atoms with Crippen LogP contribution < -0.4 is 19.6 Å². The van der Waals surface area contributed by atoms with Gasteiger partial charge in [-0.3, -0.25) is 19.5 Å². The minimum Gasteiger partial charge on any atom is -0.497 e. The predicted molar refractivity (Wildman–Crippen MR) is 144 cm³/mol. The Morgan fingerprint density at radius 3 is 2.77 bits per heavy atom. The average Bonchev–Trinajstić information content (AvgIpc) is 3.52. The fourth-order valence-corrected chi connectivity index (χ4v) is 5.47. The summed E-state index contributed by atoms with van der Waals surface area (Å²) >= 11 is 1.12. The van der Waals surface area contributed by atoms with Gasteiger partial charge >= 0.3 is 11.7 Å². The molecule has 204 valence electrons. The number of carbonyl (C=O) groups excluding carboxylic acids is 1. The molecule has 4 aromatic rings. The van der Waals surface area contributed by atoms with Crippen LogP contribution in [0, 0.1) is 15.9 Å². The van der Waals surface area contributed by atoms with Crippen LogP contribution in [-0.4, -0.2) is 29.2 Å². The van der Waals surface area contributed by atoms with E-state index in [2.05, 4.69) is 4.99 Å². The summed E-state index contributed by atoms with van der Waals surface area (Å²) in [7, 11) is 1.53. The monoisotopic (exact) mass is 563 g/mol. The molecule has 3 heterocycles. The molecule has 40 heavy (non-hydrogen) atoms. The summed E-state index contributed by atoms with van der Waals surface area (Å²) in [5, 5.41) is 11.1. The molecule has 0 radical (unpaired) electrons. The number of furan rings is 1. The molecule has 0 fully saturated rings. The summed E-state index contributed by atoms with van der Waals surface area (Å²) in [6.07, 6.45) is 1.53. The first-order valence-electron chi connectivity index (χ1n) is 12.1. The van der Waals surface area contributed by atoms with Crippen LogP contribution in [-0.2, 0) is 9.53 Å². The van der Waals surface area contributed by atoms with Gasteiger partial charge in [-0.1, -0.05) is 23.5 Å². The van der Waals surface area contributed by atoms with Gasteiger partial charge in [0.15, 0.2) is 4.80 Å². The summed E-state index contributed by atoms with van der Waals surface area (Å²) in [4.78, 5) is 42.0. The highest BCUT2D eigenvalue weighted by atomic mass is 32.1. The molecule has 0 saturated carbocycles. The SMILES string of the molecule is CCOC(=O)C1=C(C)N=c2s/c(=C\c3ccc(-c4ccc(F)c([N+](=O)[O-])c4)o3)c(=O)n2[C@H]1c1cccc(OC)c1. The van der Waals surface area contributed by atoms with Crippen LogP contribution >= 0.6 is 11.3 Å². The Labute approximate surface area is 230 Å². The zero-order valence-electron chi connectivity index (χ0n) is 21.5. The summed E-state index contributed by atoms with van der Waals surface area (Å²) < 4.78 is 32.0. The molecule has 12 heteroatoms. The lowest BCUT2D eigenvalue weighted by molar-refractivity contribution is -0.387. The largest absolute Gasteiger partial charge is 0.497 e. The standard InChI is InChI=1S/C28H22FN3O7S/c1-4-38-27(34)24-15(2)30-28-31(25(24)17-6-5-7-18(12-17)37-3)26(33)23(40-28)14-19-9-11-22(39-19)16-8-10-20(29)21(13-16)32(35)36/h5-14,25H,4H2,1-3H3/b23-14-/t25-/m0/s1. The number of nitro groups is 1. The third-order valence-corrected chi connectivity index (χ3v) is 7.24. The minimum absolute atomic E-state index is 0.156. The Morgan fingerprint density at radius 1 is 1.25 bits per heavy atom. The first kappa shape index (κ1) is 26.8. The highest BCUT2D eigenvalue weighted by molar-refractivity contribution is 7.07. The topological polar surface area (TPSA) is 126 Å². The van der Waals surface area contributed by atoms with Crippen molar-refractivity contribution in [1.82, 2.24) is 4.57 Å². The molecule has 0 aliphatic carbocycles. The summed E-state index contributed by atoms with van der Waals surface area (Å²) in [6.45, 7) is 3.55. The second-order valence-electron chi connectivity index (χ2n) is 8.70. The maximum absolute atomic E-state index is 13.8. The van der Waals surface area contributed by atoms with E-state index < -0.39 is 34.0 Å². The van der Waals surface area contributed by atoms with E-state index in [1.165, 1.54) is 23.8 Å². The molecular formula is C28H22FN3O7S.